The summed E-state index contributed by atoms with van der Waals surface area (Å²) in [6, 6.07) is 7.45. The third-order valence-corrected chi connectivity index (χ3v) is 3.54. The molecule has 3 nitrogen and oxygen atoms in total. The Morgan fingerprint density at radius 3 is 2.60 bits per heavy atom. The summed E-state index contributed by atoms with van der Waals surface area (Å²) in [5.41, 5.74) is 3.93. The summed E-state index contributed by atoms with van der Waals surface area (Å²) in [4.78, 5) is 23.8. The number of hydrogen-bond donors (Lipinski definition) is 0. The largest absolute Gasteiger partial charge is 0.466 e. The van der Waals surface area contributed by atoms with Gasteiger partial charge in [0.05, 0.1) is 6.61 Å². The van der Waals surface area contributed by atoms with E-state index in [0.29, 0.717) is 24.1 Å². The fourth-order valence-electron chi connectivity index (χ4n) is 2.47. The smallest absolute Gasteiger partial charge is 0.306 e. The van der Waals surface area contributed by atoms with Crippen molar-refractivity contribution in [2.75, 3.05) is 6.61 Å². The highest BCUT2D eigenvalue weighted by Crippen LogP contribution is 2.35. The second-order valence-electron chi connectivity index (χ2n) is 4.76. The first-order valence-corrected chi connectivity index (χ1v) is 6.75. The maximum absolute atomic E-state index is 12.3. The summed E-state index contributed by atoms with van der Waals surface area (Å²) in [7, 11) is 1.80. The lowest BCUT2D eigenvalue weighted by atomic mass is 9.73. The van der Waals surface area contributed by atoms with Crippen LogP contribution >= 0.6 is 0 Å². The summed E-state index contributed by atoms with van der Waals surface area (Å²) in [6.07, 6.45) is 0.762. The number of Topliss-reactive ketones (excluding diaryl/α,β-unsaturated/α-hetero) is 1. The highest BCUT2D eigenvalue weighted by molar-refractivity contribution is 6.43. The second kappa shape index (κ2) is 5.91. The molecule has 1 aromatic rings. The zero-order valence-corrected chi connectivity index (χ0v) is 11.9. The third kappa shape index (κ3) is 2.59. The van der Waals surface area contributed by atoms with Crippen LogP contribution in [-0.2, 0) is 9.53 Å². The quantitative estimate of drug-likeness (QED) is 0.620. The van der Waals surface area contributed by atoms with Crippen LogP contribution in [0.2, 0.25) is 0 Å². The van der Waals surface area contributed by atoms with Crippen LogP contribution in [0, 0.1) is 0 Å². The van der Waals surface area contributed by atoms with Crippen molar-refractivity contribution < 1.29 is 14.3 Å². The normalized spacial score (nSPS) is 14.2. The van der Waals surface area contributed by atoms with E-state index in [9.17, 15) is 9.59 Å². The first kappa shape index (κ1) is 14.3. The van der Waals surface area contributed by atoms with Crippen molar-refractivity contribution >= 4 is 25.2 Å². The van der Waals surface area contributed by atoms with Crippen molar-refractivity contribution in [2.24, 2.45) is 0 Å². The Hall–Kier alpha value is -2.10. The predicted molar refractivity (Wildman–Crippen MR) is 81.2 cm³/mol. The molecule has 0 amide bonds. The Morgan fingerprint density at radius 1 is 1.30 bits per heavy atom. The molecule has 0 spiro atoms. The number of esters is 1. The molecule has 0 atom stereocenters. The molecule has 2 rings (SSSR count). The zero-order valence-electron chi connectivity index (χ0n) is 11.9. The van der Waals surface area contributed by atoms with Gasteiger partial charge in [-0.1, -0.05) is 30.8 Å². The molecule has 0 fully saturated rings. The van der Waals surface area contributed by atoms with Gasteiger partial charge >= 0.3 is 5.97 Å². The molecule has 0 N–H and O–H groups in total. The van der Waals surface area contributed by atoms with Crippen molar-refractivity contribution in [3.63, 3.8) is 0 Å². The number of allylic oxidation sites excluding steroid dienone is 3. The minimum Gasteiger partial charge on any atom is -0.466 e. The van der Waals surface area contributed by atoms with Crippen molar-refractivity contribution in [1.29, 1.82) is 0 Å². The van der Waals surface area contributed by atoms with Gasteiger partial charge < -0.3 is 4.74 Å². The number of ether oxygens (including phenoxy) is 1. The Bertz CT molecular complexity index is 614. The molecule has 0 aromatic heterocycles. The molecule has 0 heterocycles. The Balaban J connectivity index is 2.26. The van der Waals surface area contributed by atoms with Crippen LogP contribution in [0.1, 0.15) is 35.7 Å². The molecule has 0 saturated heterocycles. The molecule has 0 aliphatic heterocycles. The van der Waals surface area contributed by atoms with Crippen LogP contribution < -0.4 is 0 Å². The Kier molecular flexibility index (Phi) is 4.23. The maximum atomic E-state index is 12.3. The van der Waals surface area contributed by atoms with E-state index < -0.39 is 0 Å². The van der Waals surface area contributed by atoms with E-state index in [1.807, 2.05) is 24.3 Å². The number of carbonyl (C=O) groups excluding carboxylic acids is 2. The SMILES string of the molecule is BC1=C(CCC(=O)OCC)C(=C)c2ccccc2C1=O. The van der Waals surface area contributed by atoms with Gasteiger partial charge in [0.1, 0.15) is 7.85 Å². The predicted octanol–water partition coefficient (Wildman–Crippen LogP) is 2.13. The van der Waals surface area contributed by atoms with E-state index in [-0.39, 0.29) is 18.2 Å². The van der Waals surface area contributed by atoms with Gasteiger partial charge in [0.25, 0.3) is 0 Å². The highest BCUT2D eigenvalue weighted by Gasteiger charge is 2.25. The van der Waals surface area contributed by atoms with Gasteiger partial charge in [-0.3, -0.25) is 9.59 Å². The van der Waals surface area contributed by atoms with Crippen molar-refractivity contribution in [3.8, 4) is 0 Å². The van der Waals surface area contributed by atoms with E-state index in [0.717, 1.165) is 16.7 Å². The molecule has 0 saturated carbocycles. The molecule has 0 bridgehead atoms. The van der Waals surface area contributed by atoms with Gasteiger partial charge in [0.15, 0.2) is 5.78 Å². The lowest BCUT2D eigenvalue weighted by molar-refractivity contribution is -0.143. The molecule has 20 heavy (non-hydrogen) atoms. The summed E-state index contributed by atoms with van der Waals surface area (Å²) in [6.45, 7) is 6.24. The van der Waals surface area contributed by atoms with E-state index >= 15 is 0 Å². The van der Waals surface area contributed by atoms with Gasteiger partial charge in [0.2, 0.25) is 0 Å². The minimum absolute atomic E-state index is 0.0202. The fourth-order valence-corrected chi connectivity index (χ4v) is 2.47. The lowest BCUT2D eigenvalue weighted by Crippen LogP contribution is -2.16. The van der Waals surface area contributed by atoms with Gasteiger partial charge in [-0.25, -0.2) is 0 Å². The maximum Gasteiger partial charge on any atom is 0.306 e. The monoisotopic (exact) mass is 268 g/mol. The fraction of sp³-hybridized carbons (Fsp3) is 0.250. The first-order valence-electron chi connectivity index (χ1n) is 6.75. The number of ketones is 1. The van der Waals surface area contributed by atoms with E-state index in [4.69, 9.17) is 4.74 Å². The van der Waals surface area contributed by atoms with Gasteiger partial charge in [-0.15, -0.1) is 0 Å². The number of hydrogen-bond acceptors (Lipinski definition) is 3. The third-order valence-electron chi connectivity index (χ3n) is 3.54. The van der Waals surface area contributed by atoms with E-state index in [2.05, 4.69) is 6.58 Å². The topological polar surface area (TPSA) is 43.4 Å². The van der Waals surface area contributed by atoms with Crippen molar-refractivity contribution in [2.45, 2.75) is 19.8 Å². The van der Waals surface area contributed by atoms with E-state index in [1.54, 1.807) is 14.8 Å². The van der Waals surface area contributed by atoms with Crippen molar-refractivity contribution in [1.82, 2.24) is 0 Å². The van der Waals surface area contributed by atoms with E-state index in [1.165, 1.54) is 0 Å². The number of carbonyl (C=O) groups is 2. The average molecular weight is 268 g/mol. The van der Waals surface area contributed by atoms with Gasteiger partial charge in [0, 0.05) is 12.0 Å². The van der Waals surface area contributed by atoms with Crippen molar-refractivity contribution in [3.05, 3.63) is 53.0 Å². The molecular weight excluding hydrogens is 251 g/mol. The average Bonchev–Trinajstić information content (AvgIpc) is 2.45. The van der Waals surface area contributed by atoms with Crippen LogP contribution in [-0.4, -0.2) is 26.2 Å². The Labute approximate surface area is 119 Å². The van der Waals surface area contributed by atoms with Crippen LogP contribution in [0.4, 0.5) is 0 Å². The zero-order chi connectivity index (χ0) is 14.7. The van der Waals surface area contributed by atoms with Crippen LogP contribution in [0.3, 0.4) is 0 Å². The summed E-state index contributed by atoms with van der Waals surface area (Å²) in [5.74, 6) is -0.223. The molecule has 1 aromatic carbocycles. The lowest BCUT2D eigenvalue weighted by Gasteiger charge is -2.22. The number of rotatable bonds is 4. The molecular formula is C16H17BO3. The van der Waals surface area contributed by atoms with Gasteiger partial charge in [-0.2, -0.15) is 0 Å². The standard InChI is InChI=1S/C16H17BO3/c1-3-20-14(18)9-8-12-10(2)11-6-4-5-7-13(11)16(19)15(12)17/h4-7H,2-3,8-9,17H2,1H3. The van der Waals surface area contributed by atoms with Crippen LogP contribution in [0.5, 0.6) is 0 Å². The summed E-state index contributed by atoms with van der Waals surface area (Å²) >= 11 is 0. The number of benzene rings is 1. The molecule has 0 unspecified atom stereocenters. The van der Waals surface area contributed by atoms with Crippen LogP contribution in [0.15, 0.2) is 41.9 Å². The first-order chi connectivity index (χ1) is 9.56. The summed E-state index contributed by atoms with van der Waals surface area (Å²) in [5, 5.41) is 0. The molecule has 102 valence electrons. The number of fused-ring (bicyclic) bond motifs is 1. The highest BCUT2D eigenvalue weighted by atomic mass is 16.5. The molecule has 1 aliphatic rings. The van der Waals surface area contributed by atoms with Gasteiger partial charge in [-0.05, 0) is 35.5 Å². The molecule has 4 heteroatoms. The Morgan fingerprint density at radius 2 is 1.95 bits per heavy atom. The van der Waals surface area contributed by atoms with Crippen LogP contribution in [0.25, 0.3) is 5.57 Å². The second-order valence-corrected chi connectivity index (χ2v) is 4.76. The molecule has 1 aliphatic carbocycles. The molecule has 0 radical (unpaired) electrons. The minimum atomic E-state index is -0.244. The summed E-state index contributed by atoms with van der Waals surface area (Å²) < 4.78 is 4.92.